The molecular weight excluding hydrogens is 461 g/mol. The molecule has 1 aliphatic heterocycles. The molecule has 4 rings (SSSR count). The SMILES string of the molecule is CCOC1CCN(c2ccccn2)C1.CCn1c(-c2ccc(Cl)cc2Cl)nc(C)c(N)c1=O. The van der Waals surface area contributed by atoms with Crippen LogP contribution in [0.15, 0.2) is 47.4 Å². The molecule has 0 aliphatic carbocycles. The van der Waals surface area contributed by atoms with E-state index in [2.05, 4.69) is 14.9 Å². The summed E-state index contributed by atoms with van der Waals surface area (Å²) in [6.45, 7) is 8.90. The zero-order valence-corrected chi connectivity index (χ0v) is 20.6. The molecule has 9 heteroatoms. The van der Waals surface area contributed by atoms with Crippen LogP contribution in [0.4, 0.5) is 11.5 Å². The highest BCUT2D eigenvalue weighted by molar-refractivity contribution is 6.36. The molecule has 7 nitrogen and oxygen atoms in total. The first-order valence-corrected chi connectivity index (χ1v) is 11.7. The predicted octanol–water partition coefficient (Wildman–Crippen LogP) is 4.82. The molecule has 0 spiro atoms. The number of nitrogens with zero attached hydrogens (tertiary/aromatic N) is 4. The molecule has 1 aromatic carbocycles. The van der Waals surface area contributed by atoms with Gasteiger partial charge in [-0.3, -0.25) is 9.36 Å². The minimum atomic E-state index is -0.254. The number of rotatable bonds is 5. The fraction of sp³-hybridized carbons (Fsp3) is 0.375. The minimum absolute atomic E-state index is 0.163. The molecule has 2 aromatic heterocycles. The highest BCUT2D eigenvalue weighted by Crippen LogP contribution is 2.29. The molecule has 0 bridgehead atoms. The number of anilines is 2. The Morgan fingerprint density at radius 2 is 2.00 bits per heavy atom. The van der Waals surface area contributed by atoms with Gasteiger partial charge in [-0.15, -0.1) is 0 Å². The van der Waals surface area contributed by atoms with Gasteiger partial charge in [-0.05, 0) is 57.5 Å². The molecule has 3 aromatic rings. The largest absolute Gasteiger partial charge is 0.393 e. The lowest BCUT2D eigenvalue weighted by atomic mass is 10.2. The normalized spacial score (nSPS) is 15.3. The van der Waals surface area contributed by atoms with Crippen LogP contribution in [0.25, 0.3) is 11.4 Å². The summed E-state index contributed by atoms with van der Waals surface area (Å²) in [5, 5.41) is 0.983. The maximum Gasteiger partial charge on any atom is 0.277 e. The van der Waals surface area contributed by atoms with Crippen LogP contribution in [0, 0.1) is 6.92 Å². The van der Waals surface area contributed by atoms with E-state index in [1.165, 1.54) is 4.57 Å². The van der Waals surface area contributed by atoms with Gasteiger partial charge in [0, 0.05) is 43.0 Å². The molecular formula is C24H29Cl2N5O2. The molecule has 0 radical (unpaired) electrons. The van der Waals surface area contributed by atoms with E-state index in [1.807, 2.05) is 38.2 Å². The highest BCUT2D eigenvalue weighted by Gasteiger charge is 2.23. The van der Waals surface area contributed by atoms with Crippen LogP contribution >= 0.6 is 23.2 Å². The molecule has 176 valence electrons. The fourth-order valence-electron chi connectivity index (χ4n) is 3.69. The van der Waals surface area contributed by atoms with Crippen LogP contribution in [0.5, 0.6) is 0 Å². The number of hydrogen-bond acceptors (Lipinski definition) is 6. The Morgan fingerprint density at radius 1 is 1.21 bits per heavy atom. The third kappa shape index (κ3) is 6.05. The Labute approximate surface area is 204 Å². The van der Waals surface area contributed by atoms with Gasteiger partial charge in [0.2, 0.25) is 0 Å². The fourth-order valence-corrected chi connectivity index (χ4v) is 4.19. The second-order valence-electron chi connectivity index (χ2n) is 7.61. The van der Waals surface area contributed by atoms with Crippen LogP contribution < -0.4 is 16.2 Å². The van der Waals surface area contributed by atoms with Crippen molar-refractivity contribution in [3.05, 3.63) is 68.7 Å². The number of benzene rings is 1. The Morgan fingerprint density at radius 3 is 2.64 bits per heavy atom. The Bertz CT molecular complexity index is 1140. The van der Waals surface area contributed by atoms with Gasteiger partial charge in [-0.2, -0.15) is 0 Å². The van der Waals surface area contributed by atoms with Gasteiger partial charge >= 0.3 is 0 Å². The van der Waals surface area contributed by atoms with Crippen molar-refractivity contribution in [2.24, 2.45) is 0 Å². The monoisotopic (exact) mass is 489 g/mol. The standard InChI is InChI=1S/C13H13Cl2N3O.C11H16N2O/c1-3-18-12(17-7(2)11(16)13(18)19)9-5-4-8(14)6-10(9)15;1-2-14-10-6-8-13(9-10)11-5-3-4-7-12-11/h4-6H,3,16H2,1-2H3;3-5,7,10H,2,6,8-9H2,1H3. The van der Waals surface area contributed by atoms with Crippen molar-refractivity contribution in [3.8, 4) is 11.4 Å². The number of aromatic nitrogens is 3. The van der Waals surface area contributed by atoms with Crippen molar-refractivity contribution >= 4 is 34.7 Å². The smallest absolute Gasteiger partial charge is 0.277 e. The lowest BCUT2D eigenvalue weighted by molar-refractivity contribution is 0.0787. The maximum absolute atomic E-state index is 12.1. The van der Waals surface area contributed by atoms with E-state index in [9.17, 15) is 4.79 Å². The Hall–Kier alpha value is -2.61. The van der Waals surface area contributed by atoms with E-state index in [0.29, 0.717) is 39.8 Å². The van der Waals surface area contributed by atoms with Crippen molar-refractivity contribution < 1.29 is 4.74 Å². The van der Waals surface area contributed by atoms with Crippen LogP contribution in [-0.2, 0) is 11.3 Å². The van der Waals surface area contributed by atoms with Gasteiger partial charge in [0.05, 0.1) is 16.8 Å². The van der Waals surface area contributed by atoms with Gasteiger partial charge < -0.3 is 15.4 Å². The topological polar surface area (TPSA) is 86.3 Å². The molecule has 3 heterocycles. The molecule has 0 amide bonds. The Balaban J connectivity index is 0.000000194. The second-order valence-corrected chi connectivity index (χ2v) is 8.45. The zero-order valence-electron chi connectivity index (χ0n) is 19.1. The van der Waals surface area contributed by atoms with Gasteiger partial charge in [0.1, 0.15) is 17.3 Å². The number of halogens is 2. The molecule has 33 heavy (non-hydrogen) atoms. The summed E-state index contributed by atoms with van der Waals surface area (Å²) in [7, 11) is 0. The molecule has 1 aliphatic rings. The maximum atomic E-state index is 12.1. The van der Waals surface area contributed by atoms with Gasteiger partial charge in [0.15, 0.2) is 0 Å². The summed E-state index contributed by atoms with van der Waals surface area (Å²) >= 11 is 12.0. The molecule has 0 saturated carbocycles. The van der Waals surface area contributed by atoms with E-state index in [4.69, 9.17) is 33.7 Å². The summed E-state index contributed by atoms with van der Waals surface area (Å²) < 4.78 is 7.08. The molecule has 1 atom stereocenters. The quantitative estimate of drug-likeness (QED) is 0.552. The third-order valence-corrected chi connectivity index (χ3v) is 5.95. The first kappa shape index (κ1) is 25.0. The van der Waals surface area contributed by atoms with Gasteiger partial charge in [-0.1, -0.05) is 29.3 Å². The number of aryl methyl sites for hydroxylation is 1. The molecule has 1 unspecified atom stereocenters. The summed E-state index contributed by atoms with van der Waals surface area (Å²) in [6.07, 6.45) is 3.34. The lowest BCUT2D eigenvalue weighted by Crippen LogP contribution is -2.26. The van der Waals surface area contributed by atoms with E-state index in [0.717, 1.165) is 31.9 Å². The molecule has 1 saturated heterocycles. The van der Waals surface area contributed by atoms with E-state index < -0.39 is 0 Å². The van der Waals surface area contributed by atoms with Crippen molar-refractivity contribution in [2.75, 3.05) is 30.3 Å². The zero-order chi connectivity index (χ0) is 24.0. The van der Waals surface area contributed by atoms with Crippen LogP contribution in [0.3, 0.4) is 0 Å². The number of pyridine rings is 1. The number of nitrogen functional groups attached to an aromatic ring is 1. The predicted molar refractivity (Wildman–Crippen MR) is 135 cm³/mol. The molecule has 1 fully saturated rings. The second kappa shape index (κ2) is 11.5. The number of hydrogen-bond donors (Lipinski definition) is 1. The number of ether oxygens (including phenoxy) is 1. The first-order valence-electron chi connectivity index (χ1n) is 11.0. The van der Waals surface area contributed by atoms with Crippen molar-refractivity contribution in [1.82, 2.24) is 14.5 Å². The van der Waals surface area contributed by atoms with E-state index >= 15 is 0 Å². The van der Waals surface area contributed by atoms with Crippen molar-refractivity contribution in [2.45, 2.75) is 39.8 Å². The summed E-state index contributed by atoms with van der Waals surface area (Å²) in [5.41, 5.74) is 6.78. The van der Waals surface area contributed by atoms with Crippen LogP contribution in [-0.4, -0.2) is 40.3 Å². The molecule has 2 N–H and O–H groups in total. The Kier molecular flexibility index (Phi) is 8.72. The van der Waals surface area contributed by atoms with Crippen molar-refractivity contribution in [1.29, 1.82) is 0 Å². The first-order chi connectivity index (χ1) is 15.8. The van der Waals surface area contributed by atoms with Gasteiger partial charge in [0.25, 0.3) is 5.56 Å². The lowest BCUT2D eigenvalue weighted by Gasteiger charge is -2.16. The summed E-state index contributed by atoms with van der Waals surface area (Å²) in [4.78, 5) is 23.1. The average Bonchev–Trinajstić information content (AvgIpc) is 3.27. The summed E-state index contributed by atoms with van der Waals surface area (Å²) in [6, 6.07) is 11.1. The van der Waals surface area contributed by atoms with Crippen molar-refractivity contribution in [3.63, 3.8) is 0 Å². The minimum Gasteiger partial charge on any atom is -0.393 e. The highest BCUT2D eigenvalue weighted by atomic mass is 35.5. The van der Waals surface area contributed by atoms with E-state index in [-0.39, 0.29) is 11.2 Å². The van der Waals surface area contributed by atoms with Crippen LogP contribution in [0.1, 0.15) is 26.0 Å². The summed E-state index contributed by atoms with van der Waals surface area (Å²) in [5.74, 6) is 1.57. The van der Waals surface area contributed by atoms with Gasteiger partial charge in [-0.25, -0.2) is 9.97 Å². The van der Waals surface area contributed by atoms with E-state index in [1.54, 1.807) is 25.1 Å². The third-order valence-electron chi connectivity index (χ3n) is 5.40. The number of nitrogens with two attached hydrogens (primary N) is 1. The van der Waals surface area contributed by atoms with Crippen LogP contribution in [0.2, 0.25) is 10.0 Å². The average molecular weight is 490 g/mol.